The van der Waals surface area contributed by atoms with Crippen molar-refractivity contribution in [2.45, 2.75) is 5.88 Å². The summed E-state index contributed by atoms with van der Waals surface area (Å²) in [5, 5.41) is 8.42. The van der Waals surface area contributed by atoms with Gasteiger partial charge in [-0.15, -0.1) is 16.7 Å². The molecule has 2 rings (SSSR count). The zero-order valence-electron chi connectivity index (χ0n) is 7.49. The molecule has 0 atom stereocenters. The maximum absolute atomic E-state index is 6.06. The van der Waals surface area contributed by atoms with Crippen molar-refractivity contribution in [2.75, 3.05) is 0 Å². The topological polar surface area (TPSA) is 30.7 Å². The standard InChI is InChI=1S/C9H6BrCl2N3/c10-6-1-2-9(8(12)3-6)15-5-7(4-11)13-14-15/h1-3,5H,4H2. The van der Waals surface area contributed by atoms with E-state index in [2.05, 4.69) is 26.2 Å². The molecule has 3 nitrogen and oxygen atoms in total. The summed E-state index contributed by atoms with van der Waals surface area (Å²) in [6, 6.07) is 5.56. The average molecular weight is 307 g/mol. The van der Waals surface area contributed by atoms with Crippen molar-refractivity contribution >= 4 is 39.1 Å². The molecule has 0 N–H and O–H groups in total. The van der Waals surface area contributed by atoms with Crippen LogP contribution >= 0.6 is 39.1 Å². The minimum Gasteiger partial charge on any atom is -0.219 e. The highest BCUT2D eigenvalue weighted by Crippen LogP contribution is 2.24. The van der Waals surface area contributed by atoms with E-state index in [-0.39, 0.29) is 0 Å². The van der Waals surface area contributed by atoms with Crippen molar-refractivity contribution in [3.05, 3.63) is 39.6 Å². The highest BCUT2D eigenvalue weighted by molar-refractivity contribution is 9.10. The first kappa shape index (κ1) is 10.9. The molecule has 1 heterocycles. The first-order chi connectivity index (χ1) is 7.20. The molecule has 15 heavy (non-hydrogen) atoms. The smallest absolute Gasteiger partial charge is 0.0979 e. The van der Waals surface area contributed by atoms with E-state index in [1.165, 1.54) is 0 Å². The first-order valence-electron chi connectivity index (χ1n) is 4.13. The number of hydrogen-bond acceptors (Lipinski definition) is 2. The summed E-state index contributed by atoms with van der Waals surface area (Å²) in [5.41, 5.74) is 1.50. The third kappa shape index (κ3) is 2.33. The number of hydrogen-bond donors (Lipinski definition) is 0. The molecule has 2 aromatic rings. The van der Waals surface area contributed by atoms with Gasteiger partial charge in [0, 0.05) is 4.47 Å². The Morgan fingerprint density at radius 1 is 1.40 bits per heavy atom. The molecular formula is C9H6BrCl2N3. The number of alkyl halides is 1. The van der Waals surface area contributed by atoms with E-state index < -0.39 is 0 Å². The van der Waals surface area contributed by atoms with Crippen molar-refractivity contribution in [2.24, 2.45) is 0 Å². The van der Waals surface area contributed by atoms with Crippen LogP contribution in [-0.2, 0) is 5.88 Å². The lowest BCUT2D eigenvalue weighted by atomic mass is 10.3. The Morgan fingerprint density at radius 3 is 2.80 bits per heavy atom. The van der Waals surface area contributed by atoms with Gasteiger partial charge in [0.25, 0.3) is 0 Å². The van der Waals surface area contributed by atoms with Crippen molar-refractivity contribution in [1.29, 1.82) is 0 Å². The van der Waals surface area contributed by atoms with Crippen LogP contribution in [-0.4, -0.2) is 15.0 Å². The molecule has 0 fully saturated rings. The summed E-state index contributed by atoms with van der Waals surface area (Å²) in [4.78, 5) is 0. The molecule has 1 aromatic heterocycles. The first-order valence-corrected chi connectivity index (χ1v) is 5.84. The Hall–Kier alpha value is -0.580. The van der Waals surface area contributed by atoms with E-state index in [1.54, 1.807) is 16.9 Å². The summed E-state index contributed by atoms with van der Waals surface area (Å²) in [6.07, 6.45) is 1.75. The maximum atomic E-state index is 6.06. The van der Waals surface area contributed by atoms with Crippen LogP contribution in [0.2, 0.25) is 5.02 Å². The molecule has 1 aromatic carbocycles. The van der Waals surface area contributed by atoms with Crippen LogP contribution in [0.1, 0.15) is 5.69 Å². The zero-order chi connectivity index (χ0) is 10.8. The normalized spacial score (nSPS) is 10.6. The van der Waals surface area contributed by atoms with Gasteiger partial charge in [0.1, 0.15) is 0 Å². The predicted molar refractivity (Wildman–Crippen MR) is 63.6 cm³/mol. The fourth-order valence-corrected chi connectivity index (χ4v) is 2.03. The van der Waals surface area contributed by atoms with Crippen LogP contribution < -0.4 is 0 Å². The third-order valence-electron chi connectivity index (χ3n) is 1.83. The highest BCUT2D eigenvalue weighted by atomic mass is 79.9. The molecule has 6 heteroatoms. The number of halogens is 3. The van der Waals surface area contributed by atoms with E-state index >= 15 is 0 Å². The predicted octanol–water partition coefficient (Wildman–Crippen LogP) is 3.42. The van der Waals surface area contributed by atoms with Gasteiger partial charge >= 0.3 is 0 Å². The monoisotopic (exact) mass is 305 g/mol. The minimum absolute atomic E-state index is 0.341. The van der Waals surface area contributed by atoms with Crippen LogP contribution in [0.4, 0.5) is 0 Å². The molecular weight excluding hydrogens is 301 g/mol. The van der Waals surface area contributed by atoms with Gasteiger partial charge in [-0.25, -0.2) is 4.68 Å². The van der Waals surface area contributed by atoms with Gasteiger partial charge in [0.15, 0.2) is 0 Å². The second-order valence-electron chi connectivity index (χ2n) is 2.88. The summed E-state index contributed by atoms with van der Waals surface area (Å²) in [6.45, 7) is 0. The number of rotatable bonds is 2. The number of benzene rings is 1. The Balaban J connectivity index is 2.44. The SMILES string of the molecule is ClCc1cn(-c2ccc(Br)cc2Cl)nn1. The maximum Gasteiger partial charge on any atom is 0.0979 e. The average Bonchev–Trinajstić information content (AvgIpc) is 2.66. The largest absolute Gasteiger partial charge is 0.219 e. The second kappa shape index (κ2) is 4.51. The Kier molecular flexibility index (Phi) is 3.29. The Morgan fingerprint density at radius 2 is 2.20 bits per heavy atom. The van der Waals surface area contributed by atoms with Crippen molar-refractivity contribution < 1.29 is 0 Å². The van der Waals surface area contributed by atoms with Gasteiger partial charge in [-0.1, -0.05) is 32.7 Å². The molecule has 0 radical (unpaired) electrons. The van der Waals surface area contributed by atoms with Crippen LogP contribution in [0.15, 0.2) is 28.9 Å². The van der Waals surface area contributed by atoms with Crippen LogP contribution in [0.3, 0.4) is 0 Å². The second-order valence-corrected chi connectivity index (χ2v) is 4.47. The van der Waals surface area contributed by atoms with Gasteiger partial charge in [-0.05, 0) is 18.2 Å². The fraction of sp³-hybridized carbons (Fsp3) is 0.111. The van der Waals surface area contributed by atoms with E-state index in [0.29, 0.717) is 10.9 Å². The Bertz CT molecular complexity index is 484. The molecule has 0 saturated heterocycles. The highest BCUT2D eigenvalue weighted by Gasteiger charge is 2.06. The summed E-state index contributed by atoms with van der Waals surface area (Å²) in [7, 11) is 0. The minimum atomic E-state index is 0.341. The van der Waals surface area contributed by atoms with E-state index in [4.69, 9.17) is 23.2 Å². The molecule has 0 amide bonds. The number of nitrogens with zero attached hydrogens (tertiary/aromatic N) is 3. The molecule has 78 valence electrons. The van der Waals surface area contributed by atoms with Crippen molar-refractivity contribution in [3.8, 4) is 5.69 Å². The van der Waals surface area contributed by atoms with Gasteiger partial charge in [-0.2, -0.15) is 0 Å². The lowest BCUT2D eigenvalue weighted by Gasteiger charge is -2.02. The zero-order valence-corrected chi connectivity index (χ0v) is 10.6. The molecule has 0 aliphatic heterocycles. The lowest BCUT2D eigenvalue weighted by molar-refractivity contribution is 0.800. The lowest BCUT2D eigenvalue weighted by Crippen LogP contribution is -1.95. The van der Waals surface area contributed by atoms with Crippen LogP contribution in [0.5, 0.6) is 0 Å². The van der Waals surface area contributed by atoms with Crippen molar-refractivity contribution in [1.82, 2.24) is 15.0 Å². The van der Waals surface area contributed by atoms with E-state index in [1.807, 2.05) is 12.1 Å². The summed E-state index contributed by atoms with van der Waals surface area (Å²) in [5.74, 6) is 0.341. The molecule has 0 aliphatic carbocycles. The van der Waals surface area contributed by atoms with Crippen molar-refractivity contribution in [3.63, 3.8) is 0 Å². The van der Waals surface area contributed by atoms with Gasteiger partial charge in [0.2, 0.25) is 0 Å². The molecule has 0 saturated carbocycles. The third-order valence-corrected chi connectivity index (χ3v) is 2.90. The molecule has 0 spiro atoms. The van der Waals surface area contributed by atoms with Gasteiger partial charge in [-0.3, -0.25) is 0 Å². The fourth-order valence-electron chi connectivity index (χ4n) is 1.14. The summed E-state index contributed by atoms with van der Waals surface area (Å²) < 4.78 is 2.53. The molecule has 0 unspecified atom stereocenters. The Labute approximate surface area is 105 Å². The molecule has 0 bridgehead atoms. The van der Waals surface area contributed by atoms with Gasteiger partial charge < -0.3 is 0 Å². The quantitative estimate of drug-likeness (QED) is 0.796. The van der Waals surface area contributed by atoms with Gasteiger partial charge in [0.05, 0.1) is 28.5 Å². The molecule has 0 aliphatic rings. The van der Waals surface area contributed by atoms with E-state index in [0.717, 1.165) is 15.9 Å². The van der Waals surface area contributed by atoms with Crippen LogP contribution in [0.25, 0.3) is 5.69 Å². The van der Waals surface area contributed by atoms with E-state index in [9.17, 15) is 0 Å². The van der Waals surface area contributed by atoms with Crippen LogP contribution in [0, 0.1) is 0 Å². The summed E-state index contributed by atoms with van der Waals surface area (Å²) >= 11 is 15.0. The number of aromatic nitrogens is 3.